The number of rotatable bonds is 6. The van der Waals surface area contributed by atoms with Gasteiger partial charge in [-0.3, -0.25) is 0 Å². The van der Waals surface area contributed by atoms with Gasteiger partial charge in [0.05, 0.1) is 0 Å². The van der Waals surface area contributed by atoms with Crippen LogP contribution in [0, 0.1) is 0 Å². The highest BCUT2D eigenvalue weighted by Gasteiger charge is 2.24. The first kappa shape index (κ1) is 15.2. The molecule has 0 aliphatic carbocycles. The van der Waals surface area contributed by atoms with Crippen LogP contribution in [0.5, 0.6) is 0 Å². The smallest absolute Gasteiger partial charge is 0.328 e. The first-order valence-electron chi connectivity index (χ1n) is 6.22. The van der Waals surface area contributed by atoms with E-state index in [2.05, 4.69) is 4.72 Å². The maximum atomic E-state index is 12.0. The van der Waals surface area contributed by atoms with Crippen LogP contribution in [0.3, 0.4) is 0 Å². The summed E-state index contributed by atoms with van der Waals surface area (Å²) in [5.74, 6) is -1.00. The van der Waals surface area contributed by atoms with Crippen molar-refractivity contribution in [3.63, 3.8) is 0 Å². The van der Waals surface area contributed by atoms with E-state index in [1.807, 2.05) is 0 Å². The van der Waals surface area contributed by atoms with E-state index < -0.39 is 16.2 Å². The van der Waals surface area contributed by atoms with Crippen molar-refractivity contribution in [1.29, 1.82) is 0 Å². The molecular formula is C12H16N2O4S2. The summed E-state index contributed by atoms with van der Waals surface area (Å²) in [6.07, 6.45) is 4.36. The van der Waals surface area contributed by atoms with Crippen LogP contribution in [0.15, 0.2) is 18.2 Å². The van der Waals surface area contributed by atoms with Gasteiger partial charge in [-0.15, -0.1) is 11.3 Å². The molecule has 2 N–H and O–H groups in total. The van der Waals surface area contributed by atoms with Gasteiger partial charge in [0, 0.05) is 35.5 Å². The second-order valence-corrected chi connectivity index (χ2v) is 7.36. The van der Waals surface area contributed by atoms with Crippen molar-refractivity contribution in [2.75, 3.05) is 13.1 Å². The number of nitrogens with one attached hydrogen (secondary N) is 1. The topological polar surface area (TPSA) is 86.7 Å². The van der Waals surface area contributed by atoms with Crippen molar-refractivity contribution in [1.82, 2.24) is 9.03 Å². The van der Waals surface area contributed by atoms with Crippen molar-refractivity contribution >= 4 is 33.6 Å². The van der Waals surface area contributed by atoms with E-state index in [4.69, 9.17) is 5.11 Å². The molecule has 2 heterocycles. The average Bonchev–Trinajstić information content (AvgIpc) is 3.06. The van der Waals surface area contributed by atoms with Gasteiger partial charge >= 0.3 is 5.97 Å². The van der Waals surface area contributed by atoms with Crippen molar-refractivity contribution in [2.24, 2.45) is 0 Å². The number of thiophene rings is 1. The quantitative estimate of drug-likeness (QED) is 0.774. The number of carbonyl (C=O) groups is 1. The van der Waals surface area contributed by atoms with E-state index in [-0.39, 0.29) is 6.54 Å². The van der Waals surface area contributed by atoms with Crippen LogP contribution in [0.4, 0.5) is 0 Å². The normalized spacial score (nSPS) is 17.0. The molecule has 1 aromatic heterocycles. The maximum absolute atomic E-state index is 12.0. The fraction of sp³-hybridized carbons (Fsp3) is 0.417. The maximum Gasteiger partial charge on any atom is 0.328 e. The first-order valence-corrected chi connectivity index (χ1v) is 8.47. The van der Waals surface area contributed by atoms with Gasteiger partial charge in [0.15, 0.2) is 0 Å². The standard InChI is InChI=1S/C12H16N2O4S2/c15-12(16)6-5-10-3-4-11(19-10)9-13-20(17,18)14-7-1-2-8-14/h3-6,13H,1-2,7-9H2,(H,15,16). The summed E-state index contributed by atoms with van der Waals surface area (Å²) in [4.78, 5) is 12.0. The van der Waals surface area contributed by atoms with E-state index in [9.17, 15) is 13.2 Å². The summed E-state index contributed by atoms with van der Waals surface area (Å²) in [6.45, 7) is 1.38. The predicted octanol–water partition coefficient (Wildman–Crippen LogP) is 1.28. The second kappa shape index (κ2) is 6.49. The molecule has 20 heavy (non-hydrogen) atoms. The summed E-state index contributed by atoms with van der Waals surface area (Å²) >= 11 is 1.36. The molecule has 0 atom stereocenters. The lowest BCUT2D eigenvalue weighted by molar-refractivity contribution is -0.131. The van der Waals surface area contributed by atoms with E-state index >= 15 is 0 Å². The molecule has 2 rings (SSSR count). The zero-order valence-electron chi connectivity index (χ0n) is 10.8. The van der Waals surface area contributed by atoms with Crippen molar-refractivity contribution < 1.29 is 18.3 Å². The average molecular weight is 316 g/mol. The van der Waals surface area contributed by atoms with Crippen LogP contribution < -0.4 is 4.72 Å². The molecule has 8 heteroatoms. The van der Waals surface area contributed by atoms with Crippen molar-refractivity contribution in [3.8, 4) is 0 Å². The molecule has 1 aliphatic rings. The van der Waals surface area contributed by atoms with Gasteiger partial charge in [-0.1, -0.05) is 0 Å². The lowest BCUT2D eigenvalue weighted by atomic mass is 10.4. The van der Waals surface area contributed by atoms with Crippen LogP contribution in [-0.2, 0) is 21.5 Å². The van der Waals surface area contributed by atoms with E-state index in [1.54, 1.807) is 12.1 Å². The summed E-state index contributed by atoms with van der Waals surface area (Å²) in [6, 6.07) is 3.56. The molecule has 0 aromatic carbocycles. The van der Waals surface area contributed by atoms with Crippen LogP contribution in [-0.4, -0.2) is 36.9 Å². The molecule has 1 aromatic rings. The monoisotopic (exact) mass is 316 g/mol. The van der Waals surface area contributed by atoms with Gasteiger partial charge in [-0.25, -0.2) is 4.79 Å². The van der Waals surface area contributed by atoms with Crippen LogP contribution in [0.2, 0.25) is 0 Å². The molecule has 1 fully saturated rings. The molecule has 0 spiro atoms. The van der Waals surface area contributed by atoms with E-state index in [0.29, 0.717) is 13.1 Å². The fourth-order valence-corrected chi connectivity index (χ4v) is 4.12. The highest BCUT2D eigenvalue weighted by molar-refractivity contribution is 7.87. The van der Waals surface area contributed by atoms with E-state index in [0.717, 1.165) is 28.7 Å². The zero-order valence-corrected chi connectivity index (χ0v) is 12.4. The molecule has 0 saturated carbocycles. The molecule has 1 saturated heterocycles. The molecular weight excluding hydrogens is 300 g/mol. The Balaban J connectivity index is 1.92. The lowest BCUT2D eigenvalue weighted by Crippen LogP contribution is -2.38. The first-order chi connectivity index (χ1) is 9.47. The van der Waals surface area contributed by atoms with Crippen molar-refractivity contribution in [3.05, 3.63) is 28.0 Å². The number of nitrogens with zero attached hydrogens (tertiary/aromatic N) is 1. The van der Waals surface area contributed by atoms with E-state index in [1.165, 1.54) is 21.7 Å². The third kappa shape index (κ3) is 4.14. The zero-order chi connectivity index (χ0) is 14.6. The van der Waals surface area contributed by atoms with Crippen molar-refractivity contribution in [2.45, 2.75) is 19.4 Å². The third-order valence-electron chi connectivity index (χ3n) is 2.91. The highest BCUT2D eigenvalue weighted by atomic mass is 32.2. The largest absolute Gasteiger partial charge is 0.478 e. The number of carboxylic acid groups (broad SMARTS) is 1. The van der Waals surface area contributed by atoms with Gasteiger partial charge in [-0.2, -0.15) is 17.4 Å². The predicted molar refractivity (Wildman–Crippen MR) is 77.6 cm³/mol. The molecule has 0 radical (unpaired) electrons. The van der Waals surface area contributed by atoms with Gasteiger partial charge < -0.3 is 5.11 Å². The number of hydrogen-bond acceptors (Lipinski definition) is 4. The van der Waals surface area contributed by atoms with Gasteiger partial charge in [-0.05, 0) is 31.1 Å². The summed E-state index contributed by atoms with van der Waals surface area (Å²) in [7, 11) is -3.40. The summed E-state index contributed by atoms with van der Waals surface area (Å²) in [5, 5.41) is 8.53. The number of aliphatic carboxylic acids is 1. The Kier molecular flexibility index (Phi) is 4.92. The second-order valence-electron chi connectivity index (χ2n) is 4.41. The number of hydrogen-bond donors (Lipinski definition) is 2. The number of carboxylic acids is 1. The summed E-state index contributed by atoms with van der Waals surface area (Å²) < 4.78 is 27.9. The fourth-order valence-electron chi connectivity index (χ4n) is 1.91. The van der Waals surface area contributed by atoms with Crippen LogP contribution in [0.25, 0.3) is 6.08 Å². The minimum absolute atomic E-state index is 0.227. The molecule has 0 amide bonds. The molecule has 6 nitrogen and oxygen atoms in total. The van der Waals surface area contributed by atoms with Gasteiger partial charge in [0.1, 0.15) is 0 Å². The third-order valence-corrected chi connectivity index (χ3v) is 5.51. The minimum Gasteiger partial charge on any atom is -0.478 e. The Morgan fingerprint density at radius 3 is 2.75 bits per heavy atom. The van der Waals surface area contributed by atoms with Gasteiger partial charge in [0.25, 0.3) is 10.2 Å². The van der Waals surface area contributed by atoms with Crippen LogP contribution in [0.1, 0.15) is 22.6 Å². The minimum atomic E-state index is -3.40. The Labute approximate surface area is 121 Å². The Morgan fingerprint density at radius 1 is 1.40 bits per heavy atom. The Morgan fingerprint density at radius 2 is 2.10 bits per heavy atom. The Bertz CT molecular complexity index is 601. The molecule has 0 unspecified atom stereocenters. The van der Waals surface area contributed by atoms with Crippen LogP contribution >= 0.6 is 11.3 Å². The molecule has 1 aliphatic heterocycles. The highest BCUT2D eigenvalue weighted by Crippen LogP contribution is 2.19. The SMILES string of the molecule is O=C(O)C=Cc1ccc(CNS(=O)(=O)N2CCCC2)s1. The summed E-state index contributed by atoms with van der Waals surface area (Å²) in [5.41, 5.74) is 0. The Hall–Kier alpha value is -1.22. The lowest BCUT2D eigenvalue weighted by Gasteiger charge is -2.15. The van der Waals surface area contributed by atoms with Gasteiger partial charge in [0.2, 0.25) is 0 Å². The molecule has 0 bridgehead atoms. The molecule has 110 valence electrons.